The van der Waals surface area contributed by atoms with Gasteiger partial charge in [0.1, 0.15) is 5.75 Å². The van der Waals surface area contributed by atoms with Crippen LogP contribution in [0.4, 0.5) is 0 Å². The number of aromatic hydroxyl groups is 1. The van der Waals surface area contributed by atoms with Crippen molar-refractivity contribution in [2.75, 3.05) is 26.2 Å². The topological polar surface area (TPSA) is 116 Å². The zero-order chi connectivity index (χ0) is 24.9. The van der Waals surface area contributed by atoms with E-state index in [1.165, 1.54) is 16.4 Å². The predicted molar refractivity (Wildman–Crippen MR) is 130 cm³/mol. The molecule has 0 atom stereocenters. The summed E-state index contributed by atoms with van der Waals surface area (Å²) in [7, 11) is -3.60. The van der Waals surface area contributed by atoms with E-state index in [2.05, 4.69) is 10.6 Å². The summed E-state index contributed by atoms with van der Waals surface area (Å²) in [4.78, 5) is 25.0. The summed E-state index contributed by atoms with van der Waals surface area (Å²) in [6.45, 7) is 7.02. The number of aryl methyl sites for hydroxylation is 3. The van der Waals surface area contributed by atoms with Crippen LogP contribution in [0.5, 0.6) is 5.75 Å². The molecule has 0 aliphatic carbocycles. The van der Waals surface area contributed by atoms with E-state index in [9.17, 15) is 23.1 Å². The number of phenolic OH excluding ortho intramolecular Hbond substituents is 1. The van der Waals surface area contributed by atoms with Crippen molar-refractivity contribution in [1.82, 2.24) is 14.9 Å². The minimum atomic E-state index is -3.60. The van der Waals surface area contributed by atoms with Gasteiger partial charge >= 0.3 is 0 Å². The van der Waals surface area contributed by atoms with Crippen molar-refractivity contribution in [3.05, 3.63) is 58.7 Å². The molecule has 184 valence electrons. The quantitative estimate of drug-likeness (QED) is 0.495. The first-order valence-corrected chi connectivity index (χ1v) is 13.0. The highest BCUT2D eigenvalue weighted by Gasteiger charge is 2.33. The number of carbonyl (C=O) groups is 2. The van der Waals surface area contributed by atoms with E-state index in [1.54, 1.807) is 12.1 Å². The first-order valence-electron chi connectivity index (χ1n) is 11.5. The molecule has 0 bridgehead atoms. The van der Waals surface area contributed by atoms with Gasteiger partial charge in [-0.15, -0.1) is 0 Å². The van der Waals surface area contributed by atoms with Crippen LogP contribution in [-0.4, -0.2) is 55.8 Å². The molecule has 0 saturated carbocycles. The summed E-state index contributed by atoms with van der Waals surface area (Å²) in [6.07, 6.45) is 1.52. The second-order valence-corrected chi connectivity index (χ2v) is 10.7. The van der Waals surface area contributed by atoms with E-state index >= 15 is 0 Å². The number of sulfonamides is 1. The minimum absolute atomic E-state index is 0.0305. The summed E-state index contributed by atoms with van der Waals surface area (Å²) in [5.74, 6) is -0.564. The molecule has 2 aromatic rings. The number of carbonyl (C=O) groups excluding carboxylic acids is 2. The highest BCUT2D eigenvalue weighted by molar-refractivity contribution is 7.89. The Bertz CT molecular complexity index is 1130. The molecule has 2 amide bonds. The molecular weight excluding hydrogens is 454 g/mol. The van der Waals surface area contributed by atoms with Gasteiger partial charge in [-0.3, -0.25) is 9.59 Å². The van der Waals surface area contributed by atoms with Crippen LogP contribution in [0.15, 0.2) is 41.3 Å². The van der Waals surface area contributed by atoms with Gasteiger partial charge in [0, 0.05) is 37.7 Å². The van der Waals surface area contributed by atoms with Crippen molar-refractivity contribution >= 4 is 21.8 Å². The lowest BCUT2D eigenvalue weighted by atomic mass is 9.97. The largest absolute Gasteiger partial charge is 0.508 e. The molecule has 0 aromatic heterocycles. The third-order valence-electron chi connectivity index (χ3n) is 6.07. The van der Waals surface area contributed by atoms with E-state index in [4.69, 9.17) is 0 Å². The minimum Gasteiger partial charge on any atom is -0.508 e. The molecule has 1 aliphatic heterocycles. The van der Waals surface area contributed by atoms with Gasteiger partial charge < -0.3 is 15.7 Å². The molecule has 1 saturated heterocycles. The monoisotopic (exact) mass is 487 g/mol. The van der Waals surface area contributed by atoms with Gasteiger partial charge in [0.15, 0.2) is 0 Å². The van der Waals surface area contributed by atoms with Gasteiger partial charge in [-0.25, -0.2) is 8.42 Å². The third-order valence-corrected chi connectivity index (χ3v) is 8.28. The lowest BCUT2D eigenvalue weighted by Crippen LogP contribution is -2.43. The average molecular weight is 488 g/mol. The highest BCUT2D eigenvalue weighted by Crippen LogP contribution is 2.28. The number of phenols is 1. The third kappa shape index (κ3) is 6.15. The zero-order valence-corrected chi connectivity index (χ0v) is 20.7. The molecule has 0 unspecified atom stereocenters. The number of benzene rings is 2. The van der Waals surface area contributed by atoms with E-state index in [1.807, 2.05) is 32.9 Å². The van der Waals surface area contributed by atoms with Gasteiger partial charge in [0.25, 0.3) is 5.91 Å². The predicted octanol–water partition coefficient (Wildman–Crippen LogP) is 2.65. The van der Waals surface area contributed by atoms with Gasteiger partial charge in [-0.05, 0) is 69.4 Å². The summed E-state index contributed by atoms with van der Waals surface area (Å²) in [6, 6.07) is 9.87. The van der Waals surface area contributed by atoms with Crippen LogP contribution in [0.1, 0.15) is 46.3 Å². The average Bonchev–Trinajstić information content (AvgIpc) is 2.77. The van der Waals surface area contributed by atoms with E-state index in [0.717, 1.165) is 16.7 Å². The lowest BCUT2D eigenvalue weighted by molar-refractivity contribution is -0.126. The van der Waals surface area contributed by atoms with Gasteiger partial charge in [-0.1, -0.05) is 23.8 Å². The van der Waals surface area contributed by atoms with Crippen LogP contribution < -0.4 is 10.6 Å². The van der Waals surface area contributed by atoms with Crippen LogP contribution in [-0.2, 0) is 14.8 Å². The first-order chi connectivity index (χ1) is 16.1. The summed E-state index contributed by atoms with van der Waals surface area (Å²) in [5.41, 5.74) is 2.90. The Morgan fingerprint density at radius 1 is 1.00 bits per heavy atom. The van der Waals surface area contributed by atoms with Crippen LogP contribution >= 0.6 is 0 Å². The van der Waals surface area contributed by atoms with Crippen molar-refractivity contribution in [2.45, 2.75) is 44.9 Å². The van der Waals surface area contributed by atoms with Gasteiger partial charge in [0.2, 0.25) is 15.9 Å². The Labute approximate surface area is 201 Å². The maximum Gasteiger partial charge on any atom is 0.251 e. The molecule has 1 fully saturated rings. The van der Waals surface area contributed by atoms with Crippen LogP contribution in [0.25, 0.3) is 0 Å². The molecule has 3 N–H and O–H groups in total. The lowest BCUT2D eigenvalue weighted by Gasteiger charge is -2.31. The second-order valence-electron chi connectivity index (χ2n) is 8.86. The fourth-order valence-corrected chi connectivity index (χ4v) is 6.34. The maximum atomic E-state index is 13.2. The smallest absolute Gasteiger partial charge is 0.251 e. The normalized spacial score (nSPS) is 15.1. The molecule has 9 heteroatoms. The van der Waals surface area contributed by atoms with E-state index in [-0.39, 0.29) is 23.5 Å². The van der Waals surface area contributed by atoms with Crippen LogP contribution in [0.2, 0.25) is 0 Å². The van der Waals surface area contributed by atoms with Crippen molar-refractivity contribution in [1.29, 1.82) is 0 Å². The highest BCUT2D eigenvalue weighted by atomic mass is 32.2. The Morgan fingerprint density at radius 2 is 1.62 bits per heavy atom. The molecule has 8 nitrogen and oxygen atoms in total. The molecule has 34 heavy (non-hydrogen) atoms. The molecule has 3 rings (SSSR count). The van der Waals surface area contributed by atoms with Crippen molar-refractivity contribution in [3.63, 3.8) is 0 Å². The molecule has 1 aliphatic rings. The van der Waals surface area contributed by atoms with Crippen LogP contribution in [0.3, 0.4) is 0 Å². The molecule has 0 radical (unpaired) electrons. The Kier molecular flexibility index (Phi) is 8.33. The van der Waals surface area contributed by atoms with Crippen molar-refractivity contribution in [3.8, 4) is 5.75 Å². The summed E-state index contributed by atoms with van der Waals surface area (Å²) < 4.78 is 27.9. The first kappa shape index (κ1) is 25.7. The number of rotatable bonds is 8. The molecule has 1 heterocycles. The van der Waals surface area contributed by atoms with Crippen molar-refractivity contribution < 1.29 is 23.1 Å². The molecular formula is C25H33N3O5S. The number of nitrogens with zero attached hydrogens (tertiary/aromatic N) is 1. The molecule has 2 aromatic carbocycles. The summed E-state index contributed by atoms with van der Waals surface area (Å²) in [5, 5.41) is 15.1. The number of hydrogen-bond acceptors (Lipinski definition) is 5. The summed E-state index contributed by atoms with van der Waals surface area (Å²) >= 11 is 0. The van der Waals surface area contributed by atoms with Gasteiger partial charge in [0.05, 0.1) is 4.90 Å². The molecule has 0 spiro atoms. The number of piperidine rings is 1. The second kappa shape index (κ2) is 11.0. The zero-order valence-electron chi connectivity index (χ0n) is 19.9. The number of nitrogens with one attached hydrogen (secondary N) is 2. The SMILES string of the molecule is Cc1cc(C)c(S(=O)(=O)N2CCC(C(=O)NCCCNC(=O)c3cccc(O)c3)CC2)c(C)c1. The maximum absolute atomic E-state index is 13.2. The van der Waals surface area contributed by atoms with Crippen molar-refractivity contribution in [2.24, 2.45) is 5.92 Å². The fraction of sp³-hybridized carbons (Fsp3) is 0.440. The number of hydrogen-bond donors (Lipinski definition) is 3. The standard InChI is InChI=1S/C25H33N3O5S/c1-17-14-18(2)23(19(3)15-17)34(32,33)28-12-8-20(9-13-28)24(30)26-10-5-11-27-25(31)21-6-4-7-22(29)16-21/h4,6-7,14-16,20,29H,5,8-13H2,1-3H3,(H,26,30)(H,27,31). The number of amides is 2. The van der Waals surface area contributed by atoms with Crippen LogP contribution in [0, 0.1) is 26.7 Å². The Balaban J connectivity index is 1.43. The van der Waals surface area contributed by atoms with E-state index in [0.29, 0.717) is 55.9 Å². The van der Waals surface area contributed by atoms with E-state index < -0.39 is 10.0 Å². The van der Waals surface area contributed by atoms with Gasteiger partial charge in [-0.2, -0.15) is 4.31 Å². The Hall–Kier alpha value is -2.91. The Morgan fingerprint density at radius 3 is 2.24 bits per heavy atom. The fourth-order valence-electron chi connectivity index (χ4n) is 4.46.